The number of hydrogen-bond acceptors (Lipinski definition) is 4. The first-order valence-corrected chi connectivity index (χ1v) is 8.63. The van der Waals surface area contributed by atoms with Gasteiger partial charge >= 0.3 is 5.97 Å². The Balaban J connectivity index is 1.96. The fraction of sp³-hybridized carbons (Fsp3) is 0.300. The molecular weight excluding hydrogens is 332 g/mol. The number of esters is 1. The third-order valence-electron chi connectivity index (χ3n) is 3.74. The molecule has 0 aliphatic rings. The molecule has 0 radical (unpaired) electrons. The summed E-state index contributed by atoms with van der Waals surface area (Å²) in [7, 11) is 0. The highest BCUT2D eigenvalue weighted by molar-refractivity contribution is 5.85. The Morgan fingerprint density at radius 3 is 2.35 bits per heavy atom. The zero-order chi connectivity index (χ0) is 18.8. The average molecular weight is 357 g/mol. The number of quaternary nitrogens is 1. The molecule has 0 aromatic heterocycles. The van der Waals surface area contributed by atoms with E-state index < -0.39 is 12.0 Å². The van der Waals surface area contributed by atoms with Gasteiger partial charge in [0.15, 0.2) is 6.54 Å². The van der Waals surface area contributed by atoms with Crippen LogP contribution in [0.5, 0.6) is 5.75 Å². The van der Waals surface area contributed by atoms with Gasteiger partial charge in [0.2, 0.25) is 0 Å². The van der Waals surface area contributed by atoms with Crippen molar-refractivity contribution >= 4 is 11.9 Å². The van der Waals surface area contributed by atoms with Crippen molar-refractivity contribution in [1.29, 1.82) is 0 Å². The summed E-state index contributed by atoms with van der Waals surface area (Å²) in [6.07, 6.45) is 0.351. The van der Waals surface area contributed by atoms with Gasteiger partial charge in [-0.15, -0.1) is 0 Å². The standard InChI is InChI=1S/C20H24N2O4/c1-2-25-20(24)18(22-19(23)13-21)12-15-8-10-17(11-9-15)26-14-16-6-4-3-5-7-16/h3-11,18H,2,12-14,21H2,1H3,(H,22,23)/p+1/t18-/m1/s1. The van der Waals surface area contributed by atoms with E-state index in [-0.39, 0.29) is 19.1 Å². The smallest absolute Gasteiger partial charge is 0.328 e. The van der Waals surface area contributed by atoms with E-state index >= 15 is 0 Å². The Morgan fingerprint density at radius 2 is 1.73 bits per heavy atom. The number of benzene rings is 2. The van der Waals surface area contributed by atoms with Crippen LogP contribution < -0.4 is 15.8 Å². The maximum absolute atomic E-state index is 12.0. The molecule has 4 N–H and O–H groups in total. The summed E-state index contributed by atoms with van der Waals surface area (Å²) in [6.45, 7) is 2.56. The van der Waals surface area contributed by atoms with E-state index in [1.165, 1.54) is 0 Å². The Bertz CT molecular complexity index is 702. The van der Waals surface area contributed by atoms with Gasteiger partial charge in [0.25, 0.3) is 5.91 Å². The van der Waals surface area contributed by atoms with Gasteiger partial charge in [0, 0.05) is 6.42 Å². The van der Waals surface area contributed by atoms with E-state index in [9.17, 15) is 9.59 Å². The van der Waals surface area contributed by atoms with Crippen molar-refractivity contribution in [1.82, 2.24) is 5.32 Å². The van der Waals surface area contributed by atoms with Crippen LogP contribution in [0.15, 0.2) is 54.6 Å². The van der Waals surface area contributed by atoms with Crippen LogP contribution in [0.3, 0.4) is 0 Å². The molecule has 1 amide bonds. The van der Waals surface area contributed by atoms with Crippen molar-refractivity contribution in [3.8, 4) is 5.75 Å². The summed E-state index contributed by atoms with van der Waals surface area (Å²) in [4.78, 5) is 23.6. The number of amides is 1. The summed E-state index contributed by atoms with van der Waals surface area (Å²) in [5.74, 6) is 0.0108. The Kier molecular flexibility index (Phi) is 7.64. The molecule has 1 atom stereocenters. The molecule has 138 valence electrons. The topological polar surface area (TPSA) is 92.3 Å². The maximum Gasteiger partial charge on any atom is 0.328 e. The average Bonchev–Trinajstić information content (AvgIpc) is 2.67. The van der Waals surface area contributed by atoms with E-state index in [2.05, 4.69) is 11.1 Å². The second kappa shape index (κ2) is 10.2. The van der Waals surface area contributed by atoms with E-state index in [1.807, 2.05) is 54.6 Å². The van der Waals surface area contributed by atoms with E-state index in [0.717, 1.165) is 16.9 Å². The predicted octanol–water partition coefficient (Wildman–Crippen LogP) is 1.10. The molecule has 26 heavy (non-hydrogen) atoms. The van der Waals surface area contributed by atoms with Crippen molar-refractivity contribution in [3.05, 3.63) is 65.7 Å². The molecule has 0 heterocycles. The Labute approximate surface area is 153 Å². The molecule has 0 saturated heterocycles. The number of ether oxygens (including phenoxy) is 2. The van der Waals surface area contributed by atoms with Crippen molar-refractivity contribution in [2.75, 3.05) is 13.2 Å². The maximum atomic E-state index is 12.0. The highest BCUT2D eigenvalue weighted by Crippen LogP contribution is 2.15. The SMILES string of the molecule is CCOC(=O)[C@@H](Cc1ccc(OCc2ccccc2)cc1)NC(=O)C[NH3+]. The van der Waals surface area contributed by atoms with E-state index in [4.69, 9.17) is 9.47 Å². The van der Waals surface area contributed by atoms with Gasteiger partial charge < -0.3 is 20.5 Å². The molecule has 0 fully saturated rings. The second-order valence-electron chi connectivity index (χ2n) is 5.74. The minimum Gasteiger partial charge on any atom is -0.489 e. The monoisotopic (exact) mass is 357 g/mol. The zero-order valence-electron chi connectivity index (χ0n) is 14.9. The molecule has 2 aromatic rings. The van der Waals surface area contributed by atoms with Crippen molar-refractivity contribution in [3.63, 3.8) is 0 Å². The molecule has 0 aliphatic heterocycles. The lowest BCUT2D eigenvalue weighted by molar-refractivity contribution is -0.355. The summed E-state index contributed by atoms with van der Waals surface area (Å²) in [5, 5.41) is 2.65. The molecule has 2 rings (SSSR count). The molecule has 0 spiro atoms. The van der Waals surface area contributed by atoms with Crippen LogP contribution in [0, 0.1) is 0 Å². The van der Waals surface area contributed by atoms with Gasteiger partial charge in [0.05, 0.1) is 6.61 Å². The number of carbonyl (C=O) groups is 2. The largest absolute Gasteiger partial charge is 0.489 e. The van der Waals surface area contributed by atoms with Crippen LogP contribution in [0.1, 0.15) is 18.1 Å². The van der Waals surface area contributed by atoms with Gasteiger partial charge in [-0.05, 0) is 30.2 Å². The summed E-state index contributed by atoms with van der Waals surface area (Å²) in [6, 6.07) is 16.6. The van der Waals surface area contributed by atoms with E-state index in [0.29, 0.717) is 13.0 Å². The minimum atomic E-state index is -0.722. The molecule has 0 bridgehead atoms. The molecular formula is C20H25N2O4+. The normalized spacial score (nSPS) is 11.5. The van der Waals surface area contributed by atoms with E-state index in [1.54, 1.807) is 6.92 Å². The summed E-state index contributed by atoms with van der Waals surface area (Å²) < 4.78 is 10.8. The summed E-state index contributed by atoms with van der Waals surface area (Å²) in [5.41, 5.74) is 5.52. The van der Waals surface area contributed by atoms with Crippen LogP contribution in [0.2, 0.25) is 0 Å². The first-order chi connectivity index (χ1) is 12.6. The van der Waals surface area contributed by atoms with Crippen LogP contribution in [-0.4, -0.2) is 31.1 Å². The number of nitrogens with one attached hydrogen (secondary N) is 1. The van der Waals surface area contributed by atoms with Gasteiger partial charge in [-0.2, -0.15) is 0 Å². The van der Waals surface area contributed by atoms with Crippen molar-refractivity contribution < 1.29 is 24.8 Å². The third-order valence-corrected chi connectivity index (χ3v) is 3.74. The van der Waals surface area contributed by atoms with Gasteiger partial charge in [-0.1, -0.05) is 42.5 Å². The number of rotatable bonds is 9. The molecule has 0 aliphatic carbocycles. The first kappa shape index (κ1) is 19.5. The van der Waals surface area contributed by atoms with Gasteiger partial charge in [-0.3, -0.25) is 4.79 Å². The van der Waals surface area contributed by atoms with Crippen LogP contribution >= 0.6 is 0 Å². The lowest BCUT2D eigenvalue weighted by Gasteiger charge is -2.16. The second-order valence-corrected chi connectivity index (χ2v) is 5.74. The fourth-order valence-corrected chi connectivity index (χ4v) is 2.40. The zero-order valence-corrected chi connectivity index (χ0v) is 14.9. The minimum absolute atomic E-state index is 0.0716. The molecule has 2 aromatic carbocycles. The highest BCUT2D eigenvalue weighted by Gasteiger charge is 2.22. The molecule has 0 unspecified atom stereocenters. The lowest BCUT2D eigenvalue weighted by atomic mass is 10.1. The third kappa shape index (κ3) is 6.22. The lowest BCUT2D eigenvalue weighted by Crippen LogP contribution is -2.59. The predicted molar refractivity (Wildman–Crippen MR) is 97.2 cm³/mol. The Hall–Kier alpha value is -2.86. The Morgan fingerprint density at radius 1 is 1.04 bits per heavy atom. The van der Waals surface area contributed by atoms with Crippen molar-refractivity contribution in [2.45, 2.75) is 26.0 Å². The highest BCUT2D eigenvalue weighted by atomic mass is 16.5. The molecule has 6 nitrogen and oxygen atoms in total. The van der Waals surface area contributed by atoms with Crippen LogP contribution in [0.25, 0.3) is 0 Å². The molecule has 0 saturated carbocycles. The molecule has 6 heteroatoms. The number of carbonyl (C=O) groups excluding carboxylic acids is 2. The first-order valence-electron chi connectivity index (χ1n) is 8.63. The van der Waals surface area contributed by atoms with Gasteiger partial charge in [0.1, 0.15) is 18.4 Å². The van der Waals surface area contributed by atoms with Crippen LogP contribution in [-0.2, 0) is 27.4 Å². The fourth-order valence-electron chi connectivity index (χ4n) is 2.40. The van der Waals surface area contributed by atoms with Crippen molar-refractivity contribution in [2.24, 2.45) is 0 Å². The summed E-state index contributed by atoms with van der Waals surface area (Å²) >= 11 is 0. The van der Waals surface area contributed by atoms with Gasteiger partial charge in [-0.25, -0.2) is 4.79 Å². The number of hydrogen-bond donors (Lipinski definition) is 2. The van der Waals surface area contributed by atoms with Crippen LogP contribution in [0.4, 0.5) is 0 Å². The quantitative estimate of drug-likeness (QED) is 0.657.